The number of methoxy groups -OCH3 is 3. The van der Waals surface area contributed by atoms with E-state index in [4.69, 9.17) is 14.2 Å². The number of H-pyrrole nitrogens is 1. The molecule has 0 aliphatic rings. The van der Waals surface area contributed by atoms with Crippen molar-refractivity contribution in [2.24, 2.45) is 0 Å². The molecule has 0 amide bonds. The third-order valence-corrected chi connectivity index (χ3v) is 4.13. The first kappa shape index (κ1) is 17.2. The average molecular weight is 336 g/mol. The highest BCUT2D eigenvalue weighted by Gasteiger charge is 2.16. The maximum atomic E-state index is 12.3. The van der Waals surface area contributed by atoms with Crippen LogP contribution in [0.4, 0.5) is 0 Å². The molecule has 0 unspecified atom stereocenters. The number of hydrogen-bond donors (Lipinski definition) is 1. The first-order valence-corrected chi connectivity index (χ1v) is 8.19. The molecule has 6 nitrogen and oxygen atoms in total. The predicted molar refractivity (Wildman–Crippen MR) is 90.3 cm³/mol. The van der Waals surface area contributed by atoms with Gasteiger partial charge in [-0.05, 0) is 19.2 Å². The number of aromatic amines is 1. The van der Waals surface area contributed by atoms with Crippen molar-refractivity contribution >= 4 is 11.8 Å². The number of rotatable bonds is 6. The Morgan fingerprint density at radius 1 is 1.09 bits per heavy atom. The van der Waals surface area contributed by atoms with Crippen LogP contribution in [-0.4, -0.2) is 37.6 Å². The Bertz CT molecular complexity index is 758. The summed E-state index contributed by atoms with van der Waals surface area (Å²) in [5.41, 5.74) is 2.00. The Morgan fingerprint density at radius 3 is 2.22 bits per heavy atom. The molecule has 1 aromatic heterocycles. The molecule has 1 aromatic carbocycles. The molecule has 0 aliphatic heterocycles. The first-order chi connectivity index (χ1) is 11.0. The molecule has 0 spiro atoms. The lowest BCUT2D eigenvalue weighted by molar-refractivity contribution is 0.347. The van der Waals surface area contributed by atoms with E-state index in [1.54, 1.807) is 27.4 Å². The molecule has 0 radical (unpaired) electrons. The Hall–Kier alpha value is -2.15. The molecule has 7 heteroatoms. The van der Waals surface area contributed by atoms with Crippen LogP contribution >= 0.6 is 11.8 Å². The summed E-state index contributed by atoms with van der Waals surface area (Å²) >= 11 is 1.40. The van der Waals surface area contributed by atoms with E-state index >= 15 is 0 Å². The molecule has 0 aliphatic carbocycles. The molecule has 1 heterocycles. The maximum absolute atomic E-state index is 12.3. The quantitative estimate of drug-likeness (QED) is 0.645. The van der Waals surface area contributed by atoms with E-state index in [0.717, 1.165) is 5.56 Å². The highest BCUT2D eigenvalue weighted by atomic mass is 32.2. The van der Waals surface area contributed by atoms with E-state index in [2.05, 4.69) is 9.97 Å². The molecule has 23 heavy (non-hydrogen) atoms. The fourth-order valence-corrected chi connectivity index (χ4v) is 2.73. The SMILES string of the molecule is COc1cc(OC)c(OC)cc1Cc1c(C)nc(SC)[nH]c1=O. The van der Waals surface area contributed by atoms with Gasteiger partial charge in [-0.2, -0.15) is 0 Å². The number of nitrogens with zero attached hydrogens (tertiary/aromatic N) is 1. The first-order valence-electron chi connectivity index (χ1n) is 6.96. The van der Waals surface area contributed by atoms with Crippen molar-refractivity contribution in [2.75, 3.05) is 27.6 Å². The highest BCUT2D eigenvalue weighted by molar-refractivity contribution is 7.98. The molecule has 0 fully saturated rings. The minimum atomic E-state index is -0.140. The van der Waals surface area contributed by atoms with Crippen LogP contribution in [0.3, 0.4) is 0 Å². The molecular formula is C16H20N2O4S. The minimum absolute atomic E-state index is 0.140. The van der Waals surface area contributed by atoms with Gasteiger partial charge in [0.2, 0.25) is 0 Å². The lowest BCUT2D eigenvalue weighted by atomic mass is 10.0. The second-order valence-electron chi connectivity index (χ2n) is 4.83. The molecule has 0 bridgehead atoms. The van der Waals surface area contributed by atoms with Crippen LogP contribution in [-0.2, 0) is 6.42 Å². The van der Waals surface area contributed by atoms with Crippen LogP contribution in [0.1, 0.15) is 16.8 Å². The van der Waals surface area contributed by atoms with Crippen molar-refractivity contribution in [2.45, 2.75) is 18.5 Å². The van der Waals surface area contributed by atoms with Crippen LogP contribution in [0.2, 0.25) is 0 Å². The largest absolute Gasteiger partial charge is 0.496 e. The van der Waals surface area contributed by atoms with Gasteiger partial charge < -0.3 is 19.2 Å². The summed E-state index contributed by atoms with van der Waals surface area (Å²) in [4.78, 5) is 19.5. The summed E-state index contributed by atoms with van der Waals surface area (Å²) in [6, 6.07) is 3.57. The van der Waals surface area contributed by atoms with Gasteiger partial charge in [0.15, 0.2) is 16.7 Å². The third kappa shape index (κ3) is 3.61. The number of hydrogen-bond acceptors (Lipinski definition) is 6. The lowest BCUT2D eigenvalue weighted by Crippen LogP contribution is -2.17. The number of ether oxygens (including phenoxy) is 3. The second kappa shape index (κ2) is 7.41. The maximum Gasteiger partial charge on any atom is 0.255 e. The van der Waals surface area contributed by atoms with Crippen LogP contribution < -0.4 is 19.8 Å². The molecule has 0 saturated carbocycles. The van der Waals surface area contributed by atoms with Gasteiger partial charge in [-0.15, -0.1) is 0 Å². The number of nitrogens with one attached hydrogen (secondary N) is 1. The van der Waals surface area contributed by atoms with Gasteiger partial charge in [-0.3, -0.25) is 4.79 Å². The summed E-state index contributed by atoms with van der Waals surface area (Å²) in [7, 11) is 4.72. The molecule has 0 atom stereocenters. The van der Waals surface area contributed by atoms with Gasteiger partial charge in [0.1, 0.15) is 5.75 Å². The standard InChI is InChI=1S/C16H20N2O4S/c1-9-11(15(19)18-16(17-9)23-5)6-10-7-13(21-3)14(22-4)8-12(10)20-2/h7-8H,6H2,1-5H3,(H,17,18,19). The molecular weight excluding hydrogens is 316 g/mol. The lowest BCUT2D eigenvalue weighted by Gasteiger charge is -2.14. The summed E-state index contributed by atoms with van der Waals surface area (Å²) in [5, 5.41) is 0.607. The Labute approximate surface area is 139 Å². The molecule has 2 rings (SSSR count). The molecule has 2 aromatic rings. The minimum Gasteiger partial charge on any atom is -0.496 e. The highest BCUT2D eigenvalue weighted by Crippen LogP contribution is 2.35. The van der Waals surface area contributed by atoms with Crippen molar-refractivity contribution < 1.29 is 14.2 Å². The number of aryl methyl sites for hydroxylation is 1. The normalized spacial score (nSPS) is 10.5. The number of benzene rings is 1. The number of thioether (sulfide) groups is 1. The zero-order chi connectivity index (χ0) is 17.0. The fraction of sp³-hybridized carbons (Fsp3) is 0.375. The van der Waals surface area contributed by atoms with E-state index in [0.29, 0.717) is 40.1 Å². The van der Waals surface area contributed by atoms with Crippen LogP contribution in [0.15, 0.2) is 22.1 Å². The van der Waals surface area contributed by atoms with Gasteiger partial charge in [0, 0.05) is 29.3 Å². The van der Waals surface area contributed by atoms with E-state index in [9.17, 15) is 4.79 Å². The van der Waals surface area contributed by atoms with Gasteiger partial charge in [0.05, 0.1) is 21.3 Å². The zero-order valence-electron chi connectivity index (χ0n) is 13.9. The van der Waals surface area contributed by atoms with Crippen molar-refractivity contribution in [1.29, 1.82) is 0 Å². The third-order valence-electron chi connectivity index (χ3n) is 3.55. The second-order valence-corrected chi connectivity index (χ2v) is 5.63. The Morgan fingerprint density at radius 2 is 1.70 bits per heavy atom. The summed E-state index contributed by atoms with van der Waals surface area (Å²) in [6.45, 7) is 1.83. The van der Waals surface area contributed by atoms with Crippen molar-refractivity contribution in [1.82, 2.24) is 9.97 Å². The summed E-state index contributed by atoms with van der Waals surface area (Å²) in [5.74, 6) is 1.80. The fourth-order valence-electron chi connectivity index (χ4n) is 2.31. The van der Waals surface area contributed by atoms with Gasteiger partial charge in [-0.1, -0.05) is 11.8 Å². The van der Waals surface area contributed by atoms with Gasteiger partial charge >= 0.3 is 0 Å². The van der Waals surface area contributed by atoms with Crippen LogP contribution in [0, 0.1) is 6.92 Å². The Kier molecular flexibility index (Phi) is 5.54. The smallest absolute Gasteiger partial charge is 0.255 e. The van der Waals surface area contributed by atoms with E-state index in [1.165, 1.54) is 11.8 Å². The molecule has 1 N–H and O–H groups in total. The van der Waals surface area contributed by atoms with E-state index in [1.807, 2.05) is 19.2 Å². The van der Waals surface area contributed by atoms with Crippen molar-refractivity contribution in [3.63, 3.8) is 0 Å². The van der Waals surface area contributed by atoms with E-state index < -0.39 is 0 Å². The van der Waals surface area contributed by atoms with Crippen LogP contribution in [0.25, 0.3) is 0 Å². The van der Waals surface area contributed by atoms with Gasteiger partial charge in [0.25, 0.3) is 5.56 Å². The van der Waals surface area contributed by atoms with Crippen molar-refractivity contribution in [3.05, 3.63) is 39.3 Å². The van der Waals surface area contributed by atoms with Gasteiger partial charge in [-0.25, -0.2) is 4.98 Å². The number of aromatic nitrogens is 2. The summed E-state index contributed by atoms with van der Waals surface area (Å²) in [6.07, 6.45) is 2.26. The van der Waals surface area contributed by atoms with Crippen molar-refractivity contribution in [3.8, 4) is 17.2 Å². The molecule has 0 saturated heterocycles. The monoisotopic (exact) mass is 336 g/mol. The van der Waals surface area contributed by atoms with Crippen LogP contribution in [0.5, 0.6) is 17.2 Å². The Balaban J connectivity index is 2.50. The van der Waals surface area contributed by atoms with E-state index in [-0.39, 0.29) is 5.56 Å². The summed E-state index contributed by atoms with van der Waals surface area (Å²) < 4.78 is 16.0. The zero-order valence-corrected chi connectivity index (χ0v) is 14.7. The predicted octanol–water partition coefficient (Wildman–Crippen LogP) is 2.42. The topological polar surface area (TPSA) is 73.4 Å². The molecule has 124 valence electrons. The average Bonchev–Trinajstić information content (AvgIpc) is 2.56.